The highest BCUT2D eigenvalue weighted by atomic mass is 32.2. The maximum absolute atomic E-state index is 15.7. The molecule has 3 aromatic rings. The molecule has 0 bridgehead atoms. The normalized spacial score (nSPS) is 14.8. The monoisotopic (exact) mass is 530 g/mol. The third-order valence-electron chi connectivity index (χ3n) is 5.44. The summed E-state index contributed by atoms with van der Waals surface area (Å²) in [5.74, 6) is -5.44. The Labute approximate surface area is 203 Å². The van der Waals surface area contributed by atoms with Gasteiger partial charge in [-0.25, -0.2) is 18.0 Å². The first kappa shape index (κ1) is 25.6. The molecule has 190 valence electrons. The maximum Gasteiger partial charge on any atom is 0.471 e. The van der Waals surface area contributed by atoms with E-state index < -0.39 is 70.2 Å². The summed E-state index contributed by atoms with van der Waals surface area (Å²) < 4.78 is 87.4. The van der Waals surface area contributed by atoms with Crippen molar-refractivity contribution in [3.05, 3.63) is 63.3 Å². The van der Waals surface area contributed by atoms with Crippen LogP contribution in [0.15, 0.2) is 40.2 Å². The van der Waals surface area contributed by atoms with E-state index in [1.54, 1.807) is 5.32 Å². The largest absolute Gasteiger partial charge is 0.471 e. The molecule has 1 aromatic heterocycles. The molecule has 0 spiro atoms. The summed E-state index contributed by atoms with van der Waals surface area (Å²) >= 11 is 0.847. The van der Waals surface area contributed by atoms with Gasteiger partial charge in [0, 0.05) is 6.54 Å². The molecule has 1 unspecified atom stereocenters. The van der Waals surface area contributed by atoms with E-state index in [1.807, 2.05) is 0 Å². The Bertz CT molecular complexity index is 1440. The first-order valence-electron chi connectivity index (χ1n) is 10.4. The highest BCUT2D eigenvalue weighted by molar-refractivity contribution is 8.00. The molecule has 1 amide bonds. The number of pyridine rings is 1. The van der Waals surface area contributed by atoms with E-state index in [2.05, 4.69) is 0 Å². The smallest absolute Gasteiger partial charge is 0.462 e. The van der Waals surface area contributed by atoms with Crippen LogP contribution in [0.1, 0.15) is 28.2 Å². The van der Waals surface area contributed by atoms with Crippen LogP contribution in [-0.2, 0) is 16.1 Å². The molecule has 1 atom stereocenters. The quantitative estimate of drug-likeness (QED) is 0.363. The third-order valence-corrected chi connectivity index (χ3v) is 6.67. The molecule has 1 aliphatic rings. The fraction of sp³-hybridized carbons (Fsp3) is 0.261. The van der Waals surface area contributed by atoms with Crippen molar-refractivity contribution in [3.8, 4) is 11.1 Å². The van der Waals surface area contributed by atoms with Crippen molar-refractivity contribution in [2.75, 3.05) is 13.3 Å². The number of hydrogen-bond donors (Lipinski definition) is 1. The Morgan fingerprint density at radius 3 is 2.42 bits per heavy atom. The van der Waals surface area contributed by atoms with Crippen LogP contribution >= 0.6 is 11.8 Å². The number of benzene rings is 2. The first-order valence-corrected chi connectivity index (χ1v) is 11.3. The molecule has 1 aliphatic heterocycles. The van der Waals surface area contributed by atoms with E-state index in [4.69, 9.17) is 4.74 Å². The maximum atomic E-state index is 15.7. The lowest BCUT2D eigenvalue weighted by Gasteiger charge is -2.34. The predicted octanol–water partition coefficient (Wildman–Crippen LogP) is 4.88. The Balaban J connectivity index is 1.80. The number of nitrogens with one attached hydrogen (secondary N) is 1. The van der Waals surface area contributed by atoms with Gasteiger partial charge in [0.15, 0.2) is 5.82 Å². The number of hydrogen-bond acceptors (Lipinski definition) is 5. The minimum absolute atomic E-state index is 0.000752. The van der Waals surface area contributed by atoms with Crippen molar-refractivity contribution >= 4 is 34.5 Å². The van der Waals surface area contributed by atoms with Gasteiger partial charge in [-0.15, -0.1) is 0 Å². The van der Waals surface area contributed by atoms with Gasteiger partial charge >= 0.3 is 18.1 Å². The molecule has 0 saturated carbocycles. The number of aromatic nitrogens is 1. The fourth-order valence-electron chi connectivity index (χ4n) is 3.81. The SMILES string of the molecule is CCOC(=O)c1c2n(c3c(F)c(-c4ccc(CNC(=O)C(F)(F)F)cc4)c(F)cc3c1=O)C(CF)S2. The van der Waals surface area contributed by atoms with Crippen molar-refractivity contribution in [2.45, 2.75) is 30.0 Å². The summed E-state index contributed by atoms with van der Waals surface area (Å²) in [5, 5.41) is 0.260. The van der Waals surface area contributed by atoms with Crippen molar-refractivity contribution in [1.82, 2.24) is 9.88 Å². The van der Waals surface area contributed by atoms with E-state index in [9.17, 15) is 31.9 Å². The fourth-order valence-corrected chi connectivity index (χ4v) is 4.92. The molecule has 36 heavy (non-hydrogen) atoms. The van der Waals surface area contributed by atoms with Crippen LogP contribution in [0.2, 0.25) is 0 Å². The summed E-state index contributed by atoms with van der Waals surface area (Å²) in [7, 11) is 0. The summed E-state index contributed by atoms with van der Waals surface area (Å²) in [5.41, 5.74) is -2.12. The molecule has 6 nitrogen and oxygen atoms in total. The molecule has 4 rings (SSSR count). The zero-order chi connectivity index (χ0) is 26.4. The van der Waals surface area contributed by atoms with Gasteiger partial charge in [-0.2, -0.15) is 13.2 Å². The molecule has 0 saturated heterocycles. The Morgan fingerprint density at radius 1 is 1.17 bits per heavy atom. The number of fused-ring (bicyclic) bond motifs is 3. The second kappa shape index (κ2) is 9.52. The van der Waals surface area contributed by atoms with Gasteiger partial charge in [-0.1, -0.05) is 36.0 Å². The zero-order valence-electron chi connectivity index (χ0n) is 18.3. The van der Waals surface area contributed by atoms with Crippen LogP contribution in [0, 0.1) is 11.6 Å². The minimum atomic E-state index is -5.06. The van der Waals surface area contributed by atoms with Gasteiger partial charge in [0.1, 0.15) is 23.4 Å². The number of halogens is 6. The lowest BCUT2D eigenvalue weighted by atomic mass is 9.99. The van der Waals surface area contributed by atoms with Gasteiger partial charge in [0.25, 0.3) is 0 Å². The Kier molecular flexibility index (Phi) is 6.78. The van der Waals surface area contributed by atoms with Crippen LogP contribution in [0.25, 0.3) is 22.0 Å². The van der Waals surface area contributed by atoms with Gasteiger partial charge in [-0.05, 0) is 24.1 Å². The Hall–Kier alpha value is -3.48. The number of carbonyl (C=O) groups excluding carboxylic acids is 2. The molecule has 2 aromatic carbocycles. The summed E-state index contributed by atoms with van der Waals surface area (Å²) in [6, 6.07) is 5.74. The summed E-state index contributed by atoms with van der Waals surface area (Å²) in [6.07, 6.45) is -5.06. The highest BCUT2D eigenvalue weighted by Crippen LogP contribution is 2.48. The van der Waals surface area contributed by atoms with Crippen molar-refractivity contribution in [3.63, 3.8) is 0 Å². The number of esters is 1. The van der Waals surface area contributed by atoms with E-state index in [0.717, 1.165) is 22.4 Å². The number of ether oxygens (including phenoxy) is 1. The van der Waals surface area contributed by atoms with Gasteiger partial charge < -0.3 is 14.6 Å². The Morgan fingerprint density at radius 2 is 1.83 bits per heavy atom. The molecule has 0 radical (unpaired) electrons. The standard InChI is InChI=1S/C23H16F6N2O4S/c1-2-35-21(33)16-19(32)12-7-13(25)15(17(26)18(12)31-14(8-24)36-20(16)31)11-5-3-10(4-6-11)9-30-22(34)23(27,28)29/h3-7,14H,2,8-9H2,1H3,(H,30,34). The van der Waals surface area contributed by atoms with Crippen LogP contribution in [0.3, 0.4) is 0 Å². The average Bonchev–Trinajstić information content (AvgIpc) is 2.80. The van der Waals surface area contributed by atoms with Crippen molar-refractivity contribution in [1.29, 1.82) is 0 Å². The lowest BCUT2D eigenvalue weighted by molar-refractivity contribution is -0.173. The molecule has 0 aliphatic carbocycles. The number of rotatable bonds is 6. The van der Waals surface area contributed by atoms with E-state index in [-0.39, 0.29) is 28.3 Å². The van der Waals surface area contributed by atoms with Gasteiger partial charge in [0.2, 0.25) is 5.43 Å². The van der Waals surface area contributed by atoms with Crippen molar-refractivity contribution < 1.29 is 40.7 Å². The second-order valence-corrected chi connectivity index (χ2v) is 8.81. The van der Waals surface area contributed by atoms with Crippen LogP contribution in [-0.4, -0.2) is 35.9 Å². The first-order chi connectivity index (χ1) is 17.0. The van der Waals surface area contributed by atoms with Gasteiger partial charge in [-0.3, -0.25) is 9.59 Å². The average molecular weight is 530 g/mol. The van der Waals surface area contributed by atoms with Crippen molar-refractivity contribution in [2.24, 2.45) is 0 Å². The molecular formula is C23H16F6N2O4S. The second-order valence-electron chi connectivity index (χ2n) is 7.65. The molecular weight excluding hydrogens is 514 g/mol. The third kappa shape index (κ3) is 4.31. The number of amides is 1. The van der Waals surface area contributed by atoms with Crippen LogP contribution in [0.5, 0.6) is 0 Å². The summed E-state index contributed by atoms with van der Waals surface area (Å²) in [6.45, 7) is 0.0324. The topological polar surface area (TPSA) is 77.4 Å². The highest BCUT2D eigenvalue weighted by Gasteiger charge is 2.39. The summed E-state index contributed by atoms with van der Waals surface area (Å²) in [4.78, 5) is 36.3. The van der Waals surface area contributed by atoms with Crippen LogP contribution in [0.4, 0.5) is 26.3 Å². The van der Waals surface area contributed by atoms with E-state index >= 15 is 8.78 Å². The predicted molar refractivity (Wildman–Crippen MR) is 118 cm³/mol. The zero-order valence-corrected chi connectivity index (χ0v) is 19.2. The lowest BCUT2D eigenvalue weighted by Crippen LogP contribution is -2.36. The number of alkyl halides is 4. The van der Waals surface area contributed by atoms with Gasteiger partial charge in [0.05, 0.1) is 28.1 Å². The minimum Gasteiger partial charge on any atom is -0.462 e. The molecule has 0 fully saturated rings. The molecule has 13 heteroatoms. The van der Waals surface area contributed by atoms with E-state index in [0.29, 0.717) is 0 Å². The van der Waals surface area contributed by atoms with Crippen LogP contribution < -0.4 is 10.7 Å². The molecule has 1 N–H and O–H groups in total. The number of thioether (sulfide) groups is 1. The number of nitrogens with zero attached hydrogens (tertiary/aromatic N) is 1. The number of carbonyl (C=O) groups is 2. The molecule has 2 heterocycles. The van der Waals surface area contributed by atoms with E-state index in [1.165, 1.54) is 31.2 Å².